The number of phenolic OH excluding ortho intramolecular Hbond substituents is 1. The molecule has 1 aromatic carbocycles. The Balaban J connectivity index is 2.48. The number of hydrogen-bond donors (Lipinski definition) is 1. The molecular weight excluding hydrogens is 311 g/mol. The van der Waals surface area contributed by atoms with E-state index < -0.39 is 0 Å². The maximum absolute atomic E-state index is 9.52. The summed E-state index contributed by atoms with van der Waals surface area (Å²) in [6, 6.07) is 1.67. The molecule has 102 valence electrons. The van der Waals surface area contributed by atoms with Gasteiger partial charge in [0.25, 0.3) is 0 Å². The van der Waals surface area contributed by atoms with Crippen molar-refractivity contribution in [2.75, 3.05) is 5.75 Å². The highest BCUT2D eigenvalue weighted by atomic mass is 35.5. The number of phenols is 1. The van der Waals surface area contributed by atoms with Crippen LogP contribution >= 0.6 is 46.6 Å². The summed E-state index contributed by atoms with van der Waals surface area (Å²) in [5.74, 6) is 0.844. The van der Waals surface area contributed by atoms with Crippen LogP contribution in [0.4, 0.5) is 0 Å². The van der Waals surface area contributed by atoms with Gasteiger partial charge < -0.3 is 5.11 Å². The lowest BCUT2D eigenvalue weighted by molar-refractivity contribution is 0.475. The van der Waals surface area contributed by atoms with Gasteiger partial charge in [-0.3, -0.25) is 0 Å². The van der Waals surface area contributed by atoms with Crippen molar-refractivity contribution in [3.8, 4) is 5.75 Å². The topological polar surface area (TPSA) is 20.2 Å². The van der Waals surface area contributed by atoms with Crippen molar-refractivity contribution in [3.63, 3.8) is 0 Å². The third-order valence-electron chi connectivity index (χ3n) is 2.61. The zero-order valence-corrected chi connectivity index (χ0v) is 13.4. The normalized spacial score (nSPS) is 10.9. The molecule has 1 aromatic rings. The molecule has 1 nitrogen and oxygen atoms in total. The van der Waals surface area contributed by atoms with Crippen LogP contribution < -0.4 is 0 Å². The van der Waals surface area contributed by atoms with E-state index >= 15 is 0 Å². The number of aromatic hydroxyl groups is 1. The summed E-state index contributed by atoms with van der Waals surface area (Å²) in [6.07, 6.45) is 6.21. The highest BCUT2D eigenvalue weighted by molar-refractivity contribution is 7.99. The summed E-state index contributed by atoms with van der Waals surface area (Å²) in [5, 5.41) is 10.3. The monoisotopic (exact) mass is 326 g/mol. The van der Waals surface area contributed by atoms with Crippen molar-refractivity contribution in [2.24, 2.45) is 0 Å². The molecule has 1 rings (SSSR count). The number of hydrogen-bond acceptors (Lipinski definition) is 2. The standard InChI is InChI=1S/C13H17Cl3OS/c1-2-3-4-5-6-7-18-10-8-9(14)13(17)12(16)11(10)15/h8,17H,2-7H2,1H3. The summed E-state index contributed by atoms with van der Waals surface area (Å²) in [6.45, 7) is 2.20. The smallest absolute Gasteiger partial charge is 0.154 e. The average Bonchev–Trinajstić information content (AvgIpc) is 2.37. The molecule has 0 aliphatic rings. The molecule has 0 radical (unpaired) electrons. The van der Waals surface area contributed by atoms with Gasteiger partial charge in [-0.15, -0.1) is 11.8 Å². The molecule has 18 heavy (non-hydrogen) atoms. The van der Waals surface area contributed by atoms with Crippen LogP contribution in [-0.2, 0) is 0 Å². The van der Waals surface area contributed by atoms with E-state index in [2.05, 4.69) is 6.92 Å². The largest absolute Gasteiger partial charge is 0.505 e. The van der Waals surface area contributed by atoms with Gasteiger partial charge in [-0.05, 0) is 18.2 Å². The van der Waals surface area contributed by atoms with Crippen molar-refractivity contribution >= 4 is 46.6 Å². The van der Waals surface area contributed by atoms with Gasteiger partial charge in [0.2, 0.25) is 0 Å². The fourth-order valence-electron chi connectivity index (χ4n) is 1.56. The average molecular weight is 328 g/mol. The zero-order valence-electron chi connectivity index (χ0n) is 10.3. The first-order chi connectivity index (χ1) is 8.57. The van der Waals surface area contributed by atoms with Crippen molar-refractivity contribution in [1.29, 1.82) is 0 Å². The molecule has 0 atom stereocenters. The third-order valence-corrected chi connectivity index (χ3v) is 4.99. The molecule has 0 spiro atoms. The lowest BCUT2D eigenvalue weighted by Gasteiger charge is -2.08. The Kier molecular flexibility index (Phi) is 7.62. The molecule has 0 saturated heterocycles. The molecule has 0 heterocycles. The molecule has 0 amide bonds. The predicted molar refractivity (Wildman–Crippen MR) is 82.6 cm³/mol. The molecule has 0 unspecified atom stereocenters. The van der Waals surface area contributed by atoms with Crippen LogP contribution in [0, 0.1) is 0 Å². The maximum atomic E-state index is 9.52. The van der Waals surface area contributed by atoms with E-state index in [1.165, 1.54) is 25.7 Å². The molecular formula is C13H17Cl3OS. The van der Waals surface area contributed by atoms with Gasteiger partial charge in [0.1, 0.15) is 5.02 Å². The zero-order chi connectivity index (χ0) is 13.5. The van der Waals surface area contributed by atoms with Gasteiger partial charge in [-0.25, -0.2) is 0 Å². The van der Waals surface area contributed by atoms with E-state index in [1.54, 1.807) is 17.8 Å². The number of rotatable bonds is 7. The highest BCUT2D eigenvalue weighted by Gasteiger charge is 2.13. The van der Waals surface area contributed by atoms with Crippen LogP contribution in [0.2, 0.25) is 15.1 Å². The molecule has 1 N–H and O–H groups in total. The number of halogens is 3. The minimum absolute atomic E-state index is 0.137. The highest BCUT2D eigenvalue weighted by Crippen LogP contribution is 2.43. The summed E-state index contributed by atoms with van der Waals surface area (Å²) >= 11 is 19.4. The molecule has 5 heteroatoms. The van der Waals surface area contributed by atoms with Gasteiger partial charge in [0.05, 0.1) is 10.0 Å². The molecule has 0 saturated carbocycles. The Hall–Kier alpha value is 0.240. The second kappa shape index (κ2) is 8.42. The minimum atomic E-state index is -0.143. The Morgan fingerprint density at radius 1 is 1.06 bits per heavy atom. The fourth-order valence-corrected chi connectivity index (χ4v) is 3.44. The molecule has 0 aromatic heterocycles. The van der Waals surface area contributed by atoms with Crippen LogP contribution in [0.3, 0.4) is 0 Å². The Morgan fingerprint density at radius 3 is 2.39 bits per heavy atom. The van der Waals surface area contributed by atoms with Gasteiger partial charge in [0, 0.05) is 4.90 Å². The summed E-state index contributed by atoms with van der Waals surface area (Å²) in [4.78, 5) is 0.833. The first kappa shape index (κ1) is 16.3. The fraction of sp³-hybridized carbons (Fsp3) is 0.538. The van der Waals surface area contributed by atoms with Gasteiger partial charge in [-0.1, -0.05) is 67.4 Å². The van der Waals surface area contributed by atoms with E-state index in [0.29, 0.717) is 5.02 Å². The Labute approximate surface area is 128 Å². The van der Waals surface area contributed by atoms with E-state index in [0.717, 1.165) is 17.1 Å². The lowest BCUT2D eigenvalue weighted by atomic mass is 10.2. The Morgan fingerprint density at radius 2 is 1.72 bits per heavy atom. The van der Waals surface area contributed by atoms with E-state index in [1.807, 2.05) is 0 Å². The molecule has 0 aliphatic carbocycles. The van der Waals surface area contributed by atoms with E-state index in [9.17, 15) is 5.11 Å². The summed E-state index contributed by atoms with van der Waals surface area (Å²) in [7, 11) is 0. The first-order valence-corrected chi connectivity index (χ1v) is 8.19. The number of thioether (sulfide) groups is 1. The summed E-state index contributed by atoms with van der Waals surface area (Å²) in [5.41, 5.74) is 0. The van der Waals surface area contributed by atoms with Gasteiger partial charge in [0.15, 0.2) is 5.75 Å². The second-order valence-corrected chi connectivity index (χ2v) is 6.40. The van der Waals surface area contributed by atoms with Crippen LogP contribution in [0.15, 0.2) is 11.0 Å². The SMILES string of the molecule is CCCCCCCSc1cc(Cl)c(O)c(Cl)c1Cl. The lowest BCUT2D eigenvalue weighted by Crippen LogP contribution is -1.84. The molecule has 0 bridgehead atoms. The van der Waals surface area contributed by atoms with Crippen LogP contribution in [0.5, 0.6) is 5.75 Å². The van der Waals surface area contributed by atoms with Crippen molar-refractivity contribution < 1.29 is 5.11 Å². The first-order valence-electron chi connectivity index (χ1n) is 6.07. The van der Waals surface area contributed by atoms with Crippen LogP contribution in [0.25, 0.3) is 0 Å². The molecule has 0 fully saturated rings. The van der Waals surface area contributed by atoms with Crippen molar-refractivity contribution in [2.45, 2.75) is 43.9 Å². The second-order valence-electron chi connectivity index (χ2n) is 4.10. The van der Waals surface area contributed by atoms with Crippen molar-refractivity contribution in [3.05, 3.63) is 21.1 Å². The minimum Gasteiger partial charge on any atom is -0.505 e. The van der Waals surface area contributed by atoms with Crippen LogP contribution in [-0.4, -0.2) is 10.9 Å². The van der Waals surface area contributed by atoms with Crippen LogP contribution in [0.1, 0.15) is 39.0 Å². The molecule has 0 aliphatic heterocycles. The van der Waals surface area contributed by atoms with Gasteiger partial charge >= 0.3 is 0 Å². The number of unbranched alkanes of at least 4 members (excludes halogenated alkanes) is 4. The quantitative estimate of drug-likeness (QED) is 0.354. The van der Waals surface area contributed by atoms with Gasteiger partial charge in [-0.2, -0.15) is 0 Å². The maximum Gasteiger partial charge on any atom is 0.154 e. The predicted octanol–water partition coefficient (Wildman–Crippen LogP) is 6.41. The summed E-state index contributed by atoms with van der Waals surface area (Å²) < 4.78 is 0. The Bertz CT molecular complexity index is 396. The van der Waals surface area contributed by atoms with E-state index in [4.69, 9.17) is 34.8 Å². The number of benzene rings is 1. The third kappa shape index (κ3) is 4.73. The van der Waals surface area contributed by atoms with Crippen molar-refractivity contribution in [1.82, 2.24) is 0 Å². The van der Waals surface area contributed by atoms with E-state index in [-0.39, 0.29) is 15.8 Å².